The number of fused-ring (bicyclic) bond motifs is 1. The van der Waals surface area contributed by atoms with E-state index in [1.165, 1.54) is 29.1 Å². The maximum Gasteiger partial charge on any atom is 0.343 e. The number of ether oxygens (including phenoxy) is 5. The first-order valence-corrected chi connectivity index (χ1v) is 16.6. The summed E-state index contributed by atoms with van der Waals surface area (Å²) >= 11 is 4.70. The fraction of sp³-hybridized carbons (Fsp3) is 0.257. The van der Waals surface area contributed by atoms with Crippen LogP contribution >= 0.6 is 27.3 Å². The maximum absolute atomic E-state index is 14.1. The number of benzene rings is 3. The second-order valence-electron chi connectivity index (χ2n) is 10.4. The molecule has 0 saturated heterocycles. The van der Waals surface area contributed by atoms with Crippen LogP contribution in [0.25, 0.3) is 6.08 Å². The molecular weight excluding hydrogens is 707 g/mol. The Bertz CT molecular complexity index is 2070. The van der Waals surface area contributed by atoms with Gasteiger partial charge in [-0.25, -0.2) is 19.0 Å². The number of aromatic nitrogens is 1. The van der Waals surface area contributed by atoms with Crippen LogP contribution in [0.3, 0.4) is 0 Å². The summed E-state index contributed by atoms with van der Waals surface area (Å²) < 4.78 is 43.9. The van der Waals surface area contributed by atoms with Crippen molar-refractivity contribution in [2.45, 2.75) is 33.4 Å². The first kappa shape index (κ1) is 34.6. The smallest absolute Gasteiger partial charge is 0.343 e. The number of hydrogen-bond acceptors (Lipinski definition) is 10. The summed E-state index contributed by atoms with van der Waals surface area (Å²) in [6, 6.07) is 15.8. The molecule has 0 bridgehead atoms. The molecule has 0 aliphatic carbocycles. The SMILES string of the molecule is CCOC(=O)C1=C(C)N=c2s/c(=C\c3ccc(OCc4ccccc4F)c(Br)c3)c(=O)n2[C@H]1c1ccc(OCC(=O)OC)c(OCC)c1. The van der Waals surface area contributed by atoms with Gasteiger partial charge in [0, 0.05) is 5.56 Å². The van der Waals surface area contributed by atoms with Crippen LogP contribution in [0.15, 0.2) is 86.2 Å². The first-order chi connectivity index (χ1) is 23.1. The van der Waals surface area contributed by atoms with E-state index >= 15 is 0 Å². The minimum absolute atomic E-state index is 0.0504. The predicted molar refractivity (Wildman–Crippen MR) is 180 cm³/mol. The van der Waals surface area contributed by atoms with Crippen LogP contribution in [0.1, 0.15) is 43.5 Å². The highest BCUT2D eigenvalue weighted by atomic mass is 79.9. The van der Waals surface area contributed by atoms with Crippen LogP contribution in [0.2, 0.25) is 0 Å². The Labute approximate surface area is 287 Å². The summed E-state index contributed by atoms with van der Waals surface area (Å²) in [5, 5.41) is 0. The highest BCUT2D eigenvalue weighted by molar-refractivity contribution is 9.10. The molecule has 0 radical (unpaired) electrons. The van der Waals surface area contributed by atoms with E-state index in [2.05, 4.69) is 25.7 Å². The summed E-state index contributed by atoms with van der Waals surface area (Å²) in [5.41, 5.74) is 1.94. The molecule has 0 N–H and O–H groups in total. The average molecular weight is 740 g/mol. The molecule has 1 aliphatic heterocycles. The zero-order valence-electron chi connectivity index (χ0n) is 26.6. The van der Waals surface area contributed by atoms with Crippen molar-refractivity contribution in [2.75, 3.05) is 26.9 Å². The highest BCUT2D eigenvalue weighted by Gasteiger charge is 2.34. The number of methoxy groups -OCH3 is 1. The number of rotatable bonds is 12. The number of halogens is 2. The van der Waals surface area contributed by atoms with Crippen LogP contribution < -0.4 is 29.1 Å². The molecule has 1 aliphatic rings. The molecule has 13 heteroatoms. The van der Waals surface area contributed by atoms with E-state index < -0.39 is 18.0 Å². The van der Waals surface area contributed by atoms with E-state index in [1.807, 2.05) is 0 Å². The third-order valence-corrected chi connectivity index (χ3v) is 8.87. The largest absolute Gasteiger partial charge is 0.490 e. The van der Waals surface area contributed by atoms with Gasteiger partial charge in [-0.3, -0.25) is 9.36 Å². The van der Waals surface area contributed by atoms with Crippen molar-refractivity contribution < 1.29 is 37.7 Å². The number of nitrogens with zero attached hydrogens (tertiary/aromatic N) is 2. The molecule has 0 amide bonds. The number of hydrogen-bond donors (Lipinski definition) is 0. The van der Waals surface area contributed by atoms with Crippen LogP contribution in [-0.4, -0.2) is 43.4 Å². The Morgan fingerprint density at radius 1 is 1.00 bits per heavy atom. The van der Waals surface area contributed by atoms with Gasteiger partial charge in [0.15, 0.2) is 22.9 Å². The standard InChI is InChI=1S/C35H32BrFN2O8S/c1-5-44-28-17-22(12-14-27(28)47-19-30(40)43-4)32-31(34(42)45-6-2)20(3)38-35-39(32)33(41)29(48-35)16-21-11-13-26(24(36)15-21)46-18-23-9-7-8-10-25(23)37/h7-17,32H,5-6,18-19H2,1-4H3/b29-16-/t32-/m0/s1. The van der Waals surface area contributed by atoms with Gasteiger partial charge < -0.3 is 23.7 Å². The lowest BCUT2D eigenvalue weighted by Gasteiger charge is -2.25. The molecule has 0 unspecified atom stereocenters. The van der Waals surface area contributed by atoms with Crippen molar-refractivity contribution in [3.8, 4) is 17.2 Å². The van der Waals surface area contributed by atoms with Crippen molar-refractivity contribution in [2.24, 2.45) is 4.99 Å². The van der Waals surface area contributed by atoms with Crippen molar-refractivity contribution >= 4 is 45.3 Å². The molecule has 0 fully saturated rings. The van der Waals surface area contributed by atoms with Gasteiger partial charge in [0.25, 0.3) is 5.56 Å². The zero-order valence-corrected chi connectivity index (χ0v) is 29.0. The molecule has 5 rings (SSSR count). The summed E-state index contributed by atoms with van der Waals surface area (Å²) in [6.07, 6.45) is 1.73. The monoisotopic (exact) mass is 738 g/mol. The van der Waals surface area contributed by atoms with Crippen LogP contribution in [0.4, 0.5) is 4.39 Å². The van der Waals surface area contributed by atoms with Gasteiger partial charge in [0.05, 0.1) is 46.6 Å². The molecule has 4 aromatic rings. The lowest BCUT2D eigenvalue weighted by molar-refractivity contribution is -0.143. The first-order valence-electron chi connectivity index (χ1n) is 15.0. The Hall–Kier alpha value is -4.75. The second-order valence-corrected chi connectivity index (χ2v) is 12.2. The van der Waals surface area contributed by atoms with E-state index in [9.17, 15) is 18.8 Å². The molecule has 2 heterocycles. The summed E-state index contributed by atoms with van der Waals surface area (Å²) in [4.78, 5) is 44.2. The normalized spacial score (nSPS) is 14.2. The van der Waals surface area contributed by atoms with Gasteiger partial charge in [-0.2, -0.15) is 0 Å². The van der Waals surface area contributed by atoms with E-state index in [4.69, 9.17) is 18.9 Å². The third-order valence-electron chi connectivity index (χ3n) is 7.27. The maximum atomic E-state index is 14.1. The zero-order chi connectivity index (χ0) is 34.4. The molecule has 1 atom stereocenters. The number of allylic oxidation sites excluding steroid dienone is 1. The fourth-order valence-electron chi connectivity index (χ4n) is 5.03. The van der Waals surface area contributed by atoms with Gasteiger partial charge in [-0.15, -0.1) is 0 Å². The molecule has 1 aromatic heterocycles. The number of carbonyl (C=O) groups is 2. The summed E-state index contributed by atoms with van der Waals surface area (Å²) in [6.45, 7) is 5.35. The van der Waals surface area contributed by atoms with Crippen molar-refractivity contribution in [3.63, 3.8) is 0 Å². The molecule has 10 nitrogen and oxygen atoms in total. The second kappa shape index (κ2) is 15.4. The molecule has 48 heavy (non-hydrogen) atoms. The molecular formula is C35H32BrFN2O8S. The minimum Gasteiger partial charge on any atom is -0.490 e. The molecule has 3 aromatic carbocycles. The van der Waals surface area contributed by atoms with Gasteiger partial charge in [-0.1, -0.05) is 41.7 Å². The van der Waals surface area contributed by atoms with Gasteiger partial charge >= 0.3 is 11.9 Å². The van der Waals surface area contributed by atoms with Gasteiger partial charge in [-0.05, 0) is 84.2 Å². The summed E-state index contributed by atoms with van der Waals surface area (Å²) in [7, 11) is 1.26. The van der Waals surface area contributed by atoms with Gasteiger partial charge in [0.2, 0.25) is 0 Å². The Morgan fingerprint density at radius 3 is 2.48 bits per heavy atom. The average Bonchev–Trinajstić information content (AvgIpc) is 3.37. The Balaban J connectivity index is 1.55. The lowest BCUT2D eigenvalue weighted by atomic mass is 9.95. The van der Waals surface area contributed by atoms with Crippen molar-refractivity contribution in [1.29, 1.82) is 0 Å². The van der Waals surface area contributed by atoms with Gasteiger partial charge in [0.1, 0.15) is 18.2 Å². The van der Waals surface area contributed by atoms with E-state index in [0.717, 1.165) is 0 Å². The van der Waals surface area contributed by atoms with Crippen LogP contribution in [-0.2, 0) is 25.7 Å². The predicted octanol–water partition coefficient (Wildman–Crippen LogP) is 5.23. The summed E-state index contributed by atoms with van der Waals surface area (Å²) in [5.74, 6) is -0.386. The third kappa shape index (κ3) is 7.52. The highest BCUT2D eigenvalue weighted by Crippen LogP contribution is 2.36. The molecule has 250 valence electrons. The van der Waals surface area contributed by atoms with Crippen molar-refractivity contribution in [1.82, 2.24) is 4.57 Å². The number of carbonyl (C=O) groups excluding carboxylic acids is 2. The van der Waals surface area contributed by atoms with Crippen molar-refractivity contribution in [3.05, 3.63) is 119 Å². The molecule has 0 spiro atoms. The Kier molecular flexibility index (Phi) is 11.1. The Morgan fingerprint density at radius 2 is 1.77 bits per heavy atom. The number of esters is 2. The minimum atomic E-state index is -0.891. The van der Waals surface area contributed by atoms with Crippen LogP contribution in [0.5, 0.6) is 17.2 Å². The number of thiazole rings is 1. The lowest BCUT2D eigenvalue weighted by Crippen LogP contribution is -2.40. The topological polar surface area (TPSA) is 115 Å². The van der Waals surface area contributed by atoms with E-state index in [1.54, 1.807) is 81.4 Å². The quantitative estimate of drug-likeness (QED) is 0.182. The fourth-order valence-corrected chi connectivity index (χ4v) is 6.59. The van der Waals surface area contributed by atoms with E-state index in [0.29, 0.717) is 60.0 Å². The van der Waals surface area contributed by atoms with E-state index in [-0.39, 0.29) is 36.8 Å². The van der Waals surface area contributed by atoms with Crippen LogP contribution in [0, 0.1) is 5.82 Å². The molecule has 0 saturated carbocycles.